The molecule has 4 heteroatoms. The molecular formula is C15H12ClNO2. The zero-order valence-electron chi connectivity index (χ0n) is 10.1. The molecule has 1 N–H and O–H groups in total. The van der Waals surface area contributed by atoms with Gasteiger partial charge in [-0.15, -0.1) is 0 Å². The molecule has 0 saturated carbocycles. The summed E-state index contributed by atoms with van der Waals surface area (Å²) in [6, 6.07) is 14.5. The van der Waals surface area contributed by atoms with Gasteiger partial charge in [-0.25, -0.2) is 0 Å². The second-order valence-electron chi connectivity index (χ2n) is 3.99. The van der Waals surface area contributed by atoms with E-state index in [0.29, 0.717) is 28.5 Å². The van der Waals surface area contributed by atoms with Gasteiger partial charge < -0.3 is 9.84 Å². The fourth-order valence-electron chi connectivity index (χ4n) is 1.62. The first-order chi connectivity index (χ1) is 9.22. The summed E-state index contributed by atoms with van der Waals surface area (Å²) in [5, 5.41) is 18.1. The highest BCUT2D eigenvalue weighted by molar-refractivity contribution is 6.31. The Kier molecular flexibility index (Phi) is 4.40. The number of aliphatic hydroxyl groups is 1. The standard InChI is InChI=1S/C15H12ClNO2/c16-15-9-14(6-3-12(15)10-18)19-13-4-1-11(2-5-13)7-8-17/h1-6,9,18H,7,10H2. The second-order valence-corrected chi connectivity index (χ2v) is 4.40. The van der Waals surface area contributed by atoms with E-state index in [0.717, 1.165) is 5.56 Å². The van der Waals surface area contributed by atoms with Crippen LogP contribution in [0.5, 0.6) is 11.5 Å². The molecule has 0 aliphatic carbocycles. The van der Waals surface area contributed by atoms with Crippen LogP contribution in [-0.2, 0) is 13.0 Å². The van der Waals surface area contributed by atoms with E-state index >= 15 is 0 Å². The Morgan fingerprint density at radius 1 is 1.11 bits per heavy atom. The van der Waals surface area contributed by atoms with E-state index in [2.05, 4.69) is 6.07 Å². The summed E-state index contributed by atoms with van der Waals surface area (Å²) in [4.78, 5) is 0. The molecule has 0 bridgehead atoms. The van der Waals surface area contributed by atoms with Crippen molar-refractivity contribution in [2.24, 2.45) is 0 Å². The lowest BCUT2D eigenvalue weighted by Gasteiger charge is -2.08. The Hall–Kier alpha value is -2.02. The second kappa shape index (κ2) is 6.24. The van der Waals surface area contributed by atoms with Crippen molar-refractivity contribution in [3.63, 3.8) is 0 Å². The van der Waals surface area contributed by atoms with Gasteiger partial charge in [-0.3, -0.25) is 0 Å². The topological polar surface area (TPSA) is 53.2 Å². The lowest BCUT2D eigenvalue weighted by atomic mass is 10.1. The molecule has 0 aliphatic rings. The van der Waals surface area contributed by atoms with Crippen LogP contribution < -0.4 is 4.74 Å². The molecule has 0 aliphatic heterocycles. The third-order valence-electron chi connectivity index (χ3n) is 2.64. The van der Waals surface area contributed by atoms with E-state index < -0.39 is 0 Å². The van der Waals surface area contributed by atoms with Gasteiger partial charge in [0.2, 0.25) is 0 Å². The third kappa shape index (κ3) is 3.47. The predicted molar refractivity (Wildman–Crippen MR) is 73.2 cm³/mol. The van der Waals surface area contributed by atoms with Crippen molar-refractivity contribution >= 4 is 11.6 Å². The zero-order valence-corrected chi connectivity index (χ0v) is 10.9. The number of ether oxygens (including phenoxy) is 1. The van der Waals surface area contributed by atoms with Crippen molar-refractivity contribution in [1.82, 2.24) is 0 Å². The van der Waals surface area contributed by atoms with Gasteiger partial charge in [-0.05, 0) is 35.4 Å². The summed E-state index contributed by atoms with van der Waals surface area (Å²) in [5.74, 6) is 1.28. The lowest BCUT2D eigenvalue weighted by Crippen LogP contribution is -1.89. The summed E-state index contributed by atoms with van der Waals surface area (Å²) in [5.41, 5.74) is 1.61. The van der Waals surface area contributed by atoms with Crippen LogP contribution in [0.3, 0.4) is 0 Å². The van der Waals surface area contributed by atoms with E-state index in [1.54, 1.807) is 30.3 Å². The highest BCUT2D eigenvalue weighted by Gasteiger charge is 2.03. The maximum Gasteiger partial charge on any atom is 0.128 e. The van der Waals surface area contributed by atoms with Crippen LogP contribution in [0.1, 0.15) is 11.1 Å². The number of hydrogen-bond donors (Lipinski definition) is 1. The Morgan fingerprint density at radius 2 is 1.79 bits per heavy atom. The summed E-state index contributed by atoms with van der Waals surface area (Å²) in [6.07, 6.45) is 0.386. The van der Waals surface area contributed by atoms with Gasteiger partial charge in [0.25, 0.3) is 0 Å². The number of aliphatic hydroxyl groups excluding tert-OH is 1. The monoisotopic (exact) mass is 273 g/mol. The molecule has 3 nitrogen and oxygen atoms in total. The highest BCUT2D eigenvalue weighted by atomic mass is 35.5. The Labute approximate surface area is 116 Å². The first kappa shape index (κ1) is 13.4. The van der Waals surface area contributed by atoms with Gasteiger partial charge in [0.05, 0.1) is 19.1 Å². The average molecular weight is 274 g/mol. The molecule has 2 aromatic rings. The van der Waals surface area contributed by atoms with Crippen LogP contribution in [0.4, 0.5) is 0 Å². The molecule has 19 heavy (non-hydrogen) atoms. The van der Waals surface area contributed by atoms with Crippen molar-refractivity contribution in [2.75, 3.05) is 0 Å². The summed E-state index contributed by atoms with van der Waals surface area (Å²) < 4.78 is 5.64. The van der Waals surface area contributed by atoms with Crippen LogP contribution in [0.15, 0.2) is 42.5 Å². The maximum absolute atomic E-state index is 9.03. The van der Waals surface area contributed by atoms with Gasteiger partial charge in [-0.2, -0.15) is 5.26 Å². The Balaban J connectivity index is 2.12. The molecule has 0 radical (unpaired) electrons. The fraction of sp³-hybridized carbons (Fsp3) is 0.133. The van der Waals surface area contributed by atoms with Gasteiger partial charge in [0.1, 0.15) is 11.5 Å². The number of rotatable bonds is 4. The van der Waals surface area contributed by atoms with Crippen LogP contribution >= 0.6 is 11.6 Å². The van der Waals surface area contributed by atoms with Gasteiger partial charge in [-0.1, -0.05) is 29.8 Å². The molecule has 0 atom stereocenters. The van der Waals surface area contributed by atoms with Crippen LogP contribution in [0.25, 0.3) is 0 Å². The molecular weight excluding hydrogens is 262 g/mol. The van der Waals surface area contributed by atoms with Crippen molar-refractivity contribution < 1.29 is 9.84 Å². The molecule has 0 unspecified atom stereocenters. The number of benzene rings is 2. The van der Waals surface area contributed by atoms with E-state index in [4.69, 9.17) is 26.7 Å². The third-order valence-corrected chi connectivity index (χ3v) is 2.99. The number of nitriles is 1. The average Bonchev–Trinajstić information content (AvgIpc) is 2.42. The number of hydrogen-bond acceptors (Lipinski definition) is 3. The summed E-state index contributed by atoms with van der Waals surface area (Å²) in [6.45, 7) is -0.0953. The normalized spacial score (nSPS) is 9.95. The quantitative estimate of drug-likeness (QED) is 0.924. The first-order valence-corrected chi connectivity index (χ1v) is 6.14. The largest absolute Gasteiger partial charge is 0.457 e. The first-order valence-electron chi connectivity index (χ1n) is 5.76. The van der Waals surface area contributed by atoms with Crippen molar-refractivity contribution in [3.8, 4) is 17.6 Å². The molecule has 2 rings (SSSR count). The Bertz CT molecular complexity index is 603. The number of nitrogens with zero attached hydrogens (tertiary/aromatic N) is 1. The summed E-state index contributed by atoms with van der Waals surface area (Å²) in [7, 11) is 0. The number of halogens is 1. The van der Waals surface area contributed by atoms with Crippen LogP contribution in [-0.4, -0.2) is 5.11 Å². The predicted octanol–water partition coefficient (Wildman–Crippen LogP) is 3.69. The molecule has 2 aromatic carbocycles. The molecule has 0 saturated heterocycles. The molecule has 0 aromatic heterocycles. The Morgan fingerprint density at radius 3 is 2.37 bits per heavy atom. The van der Waals surface area contributed by atoms with E-state index in [-0.39, 0.29) is 6.61 Å². The SMILES string of the molecule is N#CCc1ccc(Oc2ccc(CO)c(Cl)c2)cc1. The minimum atomic E-state index is -0.0953. The smallest absolute Gasteiger partial charge is 0.128 e. The maximum atomic E-state index is 9.03. The van der Waals surface area contributed by atoms with E-state index in [1.807, 2.05) is 12.1 Å². The van der Waals surface area contributed by atoms with E-state index in [9.17, 15) is 0 Å². The van der Waals surface area contributed by atoms with Gasteiger partial charge in [0, 0.05) is 5.02 Å². The van der Waals surface area contributed by atoms with Crippen molar-refractivity contribution in [3.05, 3.63) is 58.6 Å². The fourth-order valence-corrected chi connectivity index (χ4v) is 1.85. The molecule has 0 spiro atoms. The van der Waals surface area contributed by atoms with Gasteiger partial charge >= 0.3 is 0 Å². The van der Waals surface area contributed by atoms with Crippen molar-refractivity contribution in [2.45, 2.75) is 13.0 Å². The molecule has 0 fully saturated rings. The molecule has 96 valence electrons. The minimum absolute atomic E-state index is 0.0953. The molecule has 0 heterocycles. The highest BCUT2D eigenvalue weighted by Crippen LogP contribution is 2.27. The minimum Gasteiger partial charge on any atom is -0.457 e. The van der Waals surface area contributed by atoms with Gasteiger partial charge in [0.15, 0.2) is 0 Å². The summed E-state index contributed by atoms with van der Waals surface area (Å²) >= 11 is 5.99. The van der Waals surface area contributed by atoms with E-state index in [1.165, 1.54) is 0 Å². The molecule has 0 amide bonds. The lowest BCUT2D eigenvalue weighted by molar-refractivity contribution is 0.282. The van der Waals surface area contributed by atoms with Crippen LogP contribution in [0.2, 0.25) is 5.02 Å². The van der Waals surface area contributed by atoms with Crippen molar-refractivity contribution in [1.29, 1.82) is 5.26 Å². The van der Waals surface area contributed by atoms with Crippen LogP contribution in [0, 0.1) is 11.3 Å². The zero-order chi connectivity index (χ0) is 13.7.